The molecule has 1 aliphatic heterocycles. The van der Waals surface area contributed by atoms with E-state index in [2.05, 4.69) is 41.5 Å². The number of benzene rings is 1. The van der Waals surface area contributed by atoms with Crippen molar-refractivity contribution in [1.82, 2.24) is 10.2 Å². The van der Waals surface area contributed by atoms with E-state index in [9.17, 15) is 9.59 Å². The predicted octanol–water partition coefficient (Wildman–Crippen LogP) is 4.44. The number of rotatable bonds is 6. The van der Waals surface area contributed by atoms with Crippen LogP contribution in [0.4, 0.5) is 5.69 Å². The average Bonchev–Trinajstić information content (AvgIpc) is 3.50. The summed E-state index contributed by atoms with van der Waals surface area (Å²) in [4.78, 5) is 30.3. The maximum absolute atomic E-state index is 12.8. The average molecular weight is 426 g/mol. The van der Waals surface area contributed by atoms with E-state index < -0.39 is 0 Å². The van der Waals surface area contributed by atoms with Gasteiger partial charge < -0.3 is 15.1 Å². The summed E-state index contributed by atoms with van der Waals surface area (Å²) in [6.45, 7) is 1.14. The van der Waals surface area contributed by atoms with E-state index in [0.717, 1.165) is 18.4 Å². The van der Waals surface area contributed by atoms with Crippen LogP contribution in [-0.4, -0.2) is 42.4 Å². The number of nitrogens with one attached hydrogen (secondary N) is 1. The molecule has 0 spiro atoms. The van der Waals surface area contributed by atoms with E-state index in [-0.39, 0.29) is 17.9 Å². The Kier molecular flexibility index (Phi) is 6.72. The Morgan fingerprint density at radius 2 is 1.83 bits per heavy atom. The lowest BCUT2D eigenvalue weighted by Gasteiger charge is -2.33. The van der Waals surface area contributed by atoms with Crippen molar-refractivity contribution in [2.45, 2.75) is 63.6 Å². The van der Waals surface area contributed by atoms with Crippen LogP contribution in [0.5, 0.6) is 0 Å². The van der Waals surface area contributed by atoms with E-state index in [4.69, 9.17) is 0 Å². The number of nitrogens with zero attached hydrogens (tertiary/aromatic N) is 2. The molecule has 0 radical (unpaired) electrons. The fraction of sp³-hybridized carbons (Fsp3) is 0.500. The van der Waals surface area contributed by atoms with Gasteiger partial charge in [-0.25, -0.2) is 0 Å². The number of hydrogen-bond donors (Lipinski definition) is 1. The zero-order valence-corrected chi connectivity index (χ0v) is 18.5. The zero-order chi connectivity index (χ0) is 20.9. The van der Waals surface area contributed by atoms with Crippen molar-refractivity contribution in [3.8, 4) is 0 Å². The molecule has 30 heavy (non-hydrogen) atoms. The monoisotopic (exact) mass is 425 g/mol. The second kappa shape index (κ2) is 9.65. The van der Waals surface area contributed by atoms with Crippen LogP contribution in [0.15, 0.2) is 41.8 Å². The van der Waals surface area contributed by atoms with Gasteiger partial charge in [0.05, 0.1) is 4.88 Å². The smallest absolute Gasteiger partial charge is 0.264 e. The topological polar surface area (TPSA) is 52.7 Å². The maximum atomic E-state index is 12.8. The molecule has 1 atom stereocenters. The lowest BCUT2D eigenvalue weighted by molar-refractivity contribution is -0.125. The summed E-state index contributed by atoms with van der Waals surface area (Å²) in [6, 6.07) is 12.5. The van der Waals surface area contributed by atoms with Crippen molar-refractivity contribution in [1.29, 1.82) is 0 Å². The molecule has 0 unspecified atom stereocenters. The highest BCUT2D eigenvalue weighted by Crippen LogP contribution is 2.26. The molecule has 1 saturated heterocycles. The standard InChI is InChI=1S/C24H31N3O2S/c1-26(19-7-3-2-4-8-19)20-13-11-18(12-14-20)17-25-23(28)21-9-5-15-27(21)24(29)22-10-6-16-30-22/h6,10-14,16,19,21H,2-5,7-9,15,17H2,1H3,(H,25,28)/t21-/m0/s1. The summed E-state index contributed by atoms with van der Waals surface area (Å²) in [6.07, 6.45) is 8.16. The van der Waals surface area contributed by atoms with E-state index in [1.54, 1.807) is 4.90 Å². The summed E-state index contributed by atoms with van der Waals surface area (Å²) >= 11 is 1.43. The number of likely N-dealkylation sites (tertiary alicyclic amines) is 1. The lowest BCUT2D eigenvalue weighted by atomic mass is 9.94. The normalized spacial score (nSPS) is 19.6. The van der Waals surface area contributed by atoms with Crippen molar-refractivity contribution in [2.24, 2.45) is 0 Å². The molecule has 5 nitrogen and oxygen atoms in total. The molecule has 2 heterocycles. The minimum Gasteiger partial charge on any atom is -0.372 e. The molecule has 2 aromatic rings. The van der Waals surface area contributed by atoms with Gasteiger partial charge in [0.1, 0.15) is 6.04 Å². The van der Waals surface area contributed by atoms with Gasteiger partial charge in [-0.05, 0) is 54.8 Å². The Hall–Kier alpha value is -2.34. The molecule has 0 bridgehead atoms. The van der Waals surface area contributed by atoms with E-state index in [1.807, 2.05) is 17.5 Å². The number of carbonyl (C=O) groups is 2. The van der Waals surface area contributed by atoms with Crippen molar-refractivity contribution in [3.63, 3.8) is 0 Å². The Labute approximate surface area is 183 Å². The Balaban J connectivity index is 1.31. The molecular formula is C24H31N3O2S. The molecule has 1 aromatic carbocycles. The van der Waals surface area contributed by atoms with Gasteiger partial charge in [-0.1, -0.05) is 37.5 Å². The van der Waals surface area contributed by atoms with Crippen LogP contribution in [0.3, 0.4) is 0 Å². The highest BCUT2D eigenvalue weighted by molar-refractivity contribution is 7.12. The fourth-order valence-electron chi connectivity index (χ4n) is 4.66. The predicted molar refractivity (Wildman–Crippen MR) is 122 cm³/mol. The first-order valence-electron chi connectivity index (χ1n) is 11.1. The molecular weight excluding hydrogens is 394 g/mol. The van der Waals surface area contributed by atoms with Crippen LogP contribution in [0.25, 0.3) is 0 Å². The van der Waals surface area contributed by atoms with Gasteiger partial charge in [-0.15, -0.1) is 11.3 Å². The van der Waals surface area contributed by atoms with Crippen molar-refractivity contribution in [3.05, 3.63) is 52.2 Å². The van der Waals surface area contributed by atoms with Gasteiger partial charge in [-0.3, -0.25) is 9.59 Å². The molecule has 1 N–H and O–H groups in total. The second-order valence-corrected chi connectivity index (χ2v) is 9.37. The van der Waals surface area contributed by atoms with Crippen molar-refractivity contribution < 1.29 is 9.59 Å². The number of thiophene rings is 1. The summed E-state index contributed by atoms with van der Waals surface area (Å²) in [5.74, 6) is -0.0847. The largest absolute Gasteiger partial charge is 0.372 e. The van der Waals surface area contributed by atoms with Crippen molar-refractivity contribution >= 4 is 28.8 Å². The quantitative estimate of drug-likeness (QED) is 0.745. The molecule has 2 amide bonds. The third-order valence-electron chi connectivity index (χ3n) is 6.48. The molecule has 6 heteroatoms. The van der Waals surface area contributed by atoms with Crippen LogP contribution in [-0.2, 0) is 11.3 Å². The molecule has 1 aromatic heterocycles. The van der Waals surface area contributed by atoms with Crippen LogP contribution in [0.1, 0.15) is 60.2 Å². The Morgan fingerprint density at radius 3 is 2.53 bits per heavy atom. The van der Waals surface area contributed by atoms with E-state index in [0.29, 0.717) is 24.0 Å². The third kappa shape index (κ3) is 4.69. The minimum atomic E-state index is -0.365. The van der Waals surface area contributed by atoms with Gasteiger partial charge in [0.25, 0.3) is 5.91 Å². The number of amides is 2. The molecule has 160 valence electrons. The fourth-order valence-corrected chi connectivity index (χ4v) is 5.34. The summed E-state index contributed by atoms with van der Waals surface area (Å²) < 4.78 is 0. The zero-order valence-electron chi connectivity index (χ0n) is 17.7. The lowest BCUT2D eigenvalue weighted by Crippen LogP contribution is -2.45. The maximum Gasteiger partial charge on any atom is 0.264 e. The summed E-state index contributed by atoms with van der Waals surface area (Å²) in [7, 11) is 2.19. The van der Waals surface area contributed by atoms with Crippen LogP contribution < -0.4 is 10.2 Å². The Morgan fingerprint density at radius 1 is 1.07 bits per heavy atom. The first kappa shape index (κ1) is 20.9. The van der Waals surface area contributed by atoms with Crippen molar-refractivity contribution in [2.75, 3.05) is 18.5 Å². The number of carbonyl (C=O) groups excluding carboxylic acids is 2. The van der Waals surface area contributed by atoms with Gasteiger partial charge >= 0.3 is 0 Å². The first-order valence-corrected chi connectivity index (χ1v) is 12.0. The van der Waals surface area contributed by atoms with Gasteiger partial charge in [0.2, 0.25) is 5.91 Å². The molecule has 2 fully saturated rings. The molecule has 1 aliphatic carbocycles. The summed E-state index contributed by atoms with van der Waals surface area (Å²) in [5.41, 5.74) is 2.32. The third-order valence-corrected chi connectivity index (χ3v) is 7.34. The Bertz CT molecular complexity index is 844. The first-order chi connectivity index (χ1) is 14.6. The van der Waals surface area contributed by atoms with Crippen LogP contribution in [0, 0.1) is 0 Å². The van der Waals surface area contributed by atoms with E-state index >= 15 is 0 Å². The number of anilines is 1. The summed E-state index contributed by atoms with van der Waals surface area (Å²) in [5, 5.41) is 4.94. The minimum absolute atomic E-state index is 0.0299. The molecule has 2 aliphatic rings. The van der Waals surface area contributed by atoms with E-state index in [1.165, 1.54) is 49.1 Å². The van der Waals surface area contributed by atoms with Crippen LogP contribution in [0.2, 0.25) is 0 Å². The number of hydrogen-bond acceptors (Lipinski definition) is 4. The van der Waals surface area contributed by atoms with Crippen LogP contribution >= 0.6 is 11.3 Å². The highest BCUT2D eigenvalue weighted by Gasteiger charge is 2.34. The van der Waals surface area contributed by atoms with Gasteiger partial charge in [0.15, 0.2) is 0 Å². The highest BCUT2D eigenvalue weighted by atomic mass is 32.1. The molecule has 1 saturated carbocycles. The van der Waals surface area contributed by atoms with Gasteiger partial charge in [0, 0.05) is 31.9 Å². The SMILES string of the molecule is CN(c1ccc(CNC(=O)[C@@H]2CCCN2C(=O)c2cccs2)cc1)C1CCCCC1. The second-order valence-electron chi connectivity index (χ2n) is 8.42. The molecule has 4 rings (SSSR count). The van der Waals surface area contributed by atoms with Gasteiger partial charge in [-0.2, -0.15) is 0 Å².